The first kappa shape index (κ1) is 51.0. The minimum Gasteiger partial charge on any atom is -0.394 e. The molecule has 0 saturated carbocycles. The van der Waals surface area contributed by atoms with Crippen LogP contribution in [0.4, 0.5) is 0 Å². The molecule has 310 valence electrons. The summed E-state index contributed by atoms with van der Waals surface area (Å²) in [6, 6.07) is -0.977. The van der Waals surface area contributed by atoms with E-state index in [-0.39, 0.29) is 0 Å². The predicted octanol–water partition coefficient (Wildman–Crippen LogP) is 12.2. The predicted molar refractivity (Wildman–Crippen MR) is 224 cm³/mol. The Bertz CT molecular complexity index is 746. The number of amides is 1. The quantitative estimate of drug-likeness (QED) is 0.0316. The largest absolute Gasteiger partial charge is 0.394 e. The maximum atomic E-state index is 12.4. The van der Waals surface area contributed by atoms with Crippen molar-refractivity contribution in [2.45, 2.75) is 269 Å². The molecule has 1 amide bonds. The zero-order valence-corrected chi connectivity index (χ0v) is 34.8. The third-order valence-electron chi connectivity index (χ3n) is 11.0. The van der Waals surface area contributed by atoms with Gasteiger partial charge in [-0.1, -0.05) is 219 Å². The van der Waals surface area contributed by atoms with Crippen LogP contribution >= 0.6 is 0 Å². The highest BCUT2D eigenvalue weighted by Crippen LogP contribution is 2.17. The van der Waals surface area contributed by atoms with Crippen molar-refractivity contribution in [1.82, 2.24) is 5.32 Å². The summed E-state index contributed by atoms with van der Waals surface area (Å²) in [6.45, 7) is 3.92. The van der Waals surface area contributed by atoms with Crippen LogP contribution in [0.25, 0.3) is 0 Å². The van der Waals surface area contributed by atoms with E-state index in [9.17, 15) is 25.2 Å². The van der Waals surface area contributed by atoms with Crippen molar-refractivity contribution in [3.63, 3.8) is 0 Å². The molecule has 4 unspecified atom stereocenters. The summed E-state index contributed by atoms with van der Waals surface area (Å²) >= 11 is 0. The van der Waals surface area contributed by atoms with Gasteiger partial charge >= 0.3 is 0 Å². The van der Waals surface area contributed by atoms with Gasteiger partial charge in [-0.05, 0) is 38.5 Å². The highest BCUT2D eigenvalue weighted by Gasteiger charge is 2.28. The maximum absolute atomic E-state index is 12.4. The number of allylic oxidation sites excluding steroid dienone is 2. The molecule has 0 bridgehead atoms. The Balaban J connectivity index is 3.44. The molecule has 0 spiro atoms. The van der Waals surface area contributed by atoms with Gasteiger partial charge in [-0.3, -0.25) is 4.79 Å². The monoisotopic (exact) mass is 738 g/mol. The van der Waals surface area contributed by atoms with Crippen molar-refractivity contribution in [1.29, 1.82) is 0 Å². The Hall–Kier alpha value is -0.950. The molecule has 0 fully saturated rings. The van der Waals surface area contributed by atoms with Gasteiger partial charge in [0.1, 0.15) is 12.2 Å². The molecular formula is C46H91NO5. The van der Waals surface area contributed by atoms with Crippen LogP contribution in [0.3, 0.4) is 0 Å². The molecule has 0 heterocycles. The average molecular weight is 738 g/mol. The summed E-state index contributed by atoms with van der Waals surface area (Å²) in [4.78, 5) is 12.4. The van der Waals surface area contributed by atoms with E-state index in [2.05, 4.69) is 31.3 Å². The van der Waals surface area contributed by atoms with E-state index in [4.69, 9.17) is 0 Å². The fourth-order valence-corrected chi connectivity index (χ4v) is 7.28. The van der Waals surface area contributed by atoms with Gasteiger partial charge in [-0.15, -0.1) is 0 Å². The molecule has 0 aromatic heterocycles. The zero-order valence-electron chi connectivity index (χ0n) is 34.8. The van der Waals surface area contributed by atoms with Crippen molar-refractivity contribution >= 4 is 5.91 Å². The first-order valence-corrected chi connectivity index (χ1v) is 23.1. The van der Waals surface area contributed by atoms with Crippen LogP contribution in [0.15, 0.2) is 12.2 Å². The molecule has 5 N–H and O–H groups in total. The lowest BCUT2D eigenvalue weighted by molar-refractivity contribution is -0.132. The number of aliphatic hydroxyl groups excluding tert-OH is 4. The zero-order chi connectivity index (χ0) is 38.2. The van der Waals surface area contributed by atoms with Gasteiger partial charge in [0.2, 0.25) is 5.91 Å². The number of aliphatic hydroxyl groups is 4. The maximum Gasteiger partial charge on any atom is 0.249 e. The molecule has 4 atom stereocenters. The molecule has 0 aliphatic rings. The van der Waals surface area contributed by atoms with E-state index >= 15 is 0 Å². The highest BCUT2D eigenvalue weighted by atomic mass is 16.3. The third kappa shape index (κ3) is 34.8. The number of hydrogen-bond donors (Lipinski definition) is 5. The van der Waals surface area contributed by atoms with Gasteiger partial charge in [-0.2, -0.15) is 0 Å². The molecule has 0 saturated heterocycles. The molecule has 0 aromatic carbocycles. The van der Waals surface area contributed by atoms with Crippen LogP contribution < -0.4 is 5.32 Å². The lowest BCUT2D eigenvalue weighted by Gasteiger charge is -2.27. The van der Waals surface area contributed by atoms with Crippen LogP contribution in [-0.4, -0.2) is 57.3 Å². The van der Waals surface area contributed by atoms with Crippen LogP contribution in [0.5, 0.6) is 0 Å². The second kappa shape index (κ2) is 41.2. The highest BCUT2D eigenvalue weighted by molar-refractivity contribution is 5.80. The Labute approximate surface area is 323 Å². The Morgan fingerprint density at radius 1 is 0.462 bits per heavy atom. The van der Waals surface area contributed by atoms with Crippen molar-refractivity contribution in [3.8, 4) is 0 Å². The first-order chi connectivity index (χ1) is 25.5. The van der Waals surface area contributed by atoms with Crippen LogP contribution in [0.1, 0.15) is 245 Å². The van der Waals surface area contributed by atoms with Crippen LogP contribution in [-0.2, 0) is 4.79 Å². The minimum absolute atomic E-state index is 0.372. The summed E-state index contributed by atoms with van der Waals surface area (Å²) < 4.78 is 0. The van der Waals surface area contributed by atoms with Crippen molar-refractivity contribution < 1.29 is 25.2 Å². The van der Waals surface area contributed by atoms with E-state index in [0.29, 0.717) is 12.8 Å². The smallest absolute Gasteiger partial charge is 0.249 e. The van der Waals surface area contributed by atoms with E-state index in [0.717, 1.165) is 44.9 Å². The second-order valence-electron chi connectivity index (χ2n) is 16.1. The number of carbonyl (C=O) groups excluding carboxylic acids is 1. The van der Waals surface area contributed by atoms with E-state index in [1.165, 1.54) is 173 Å². The molecule has 0 radical (unpaired) electrons. The number of unbranched alkanes of at least 4 members (excludes halogenated alkanes) is 31. The molecule has 0 aliphatic heterocycles. The molecule has 0 aromatic rings. The van der Waals surface area contributed by atoms with Gasteiger partial charge in [-0.25, -0.2) is 0 Å². The molecular weight excluding hydrogens is 647 g/mol. The Morgan fingerprint density at radius 2 is 0.769 bits per heavy atom. The van der Waals surface area contributed by atoms with Gasteiger partial charge in [0.25, 0.3) is 0 Å². The lowest BCUT2D eigenvalue weighted by Crippen LogP contribution is -2.53. The van der Waals surface area contributed by atoms with E-state index in [1.54, 1.807) is 0 Å². The number of hydrogen-bond acceptors (Lipinski definition) is 5. The van der Waals surface area contributed by atoms with Gasteiger partial charge < -0.3 is 25.7 Å². The molecule has 0 rings (SSSR count). The van der Waals surface area contributed by atoms with E-state index < -0.39 is 36.9 Å². The van der Waals surface area contributed by atoms with Crippen molar-refractivity contribution in [2.24, 2.45) is 0 Å². The topological polar surface area (TPSA) is 110 Å². The third-order valence-corrected chi connectivity index (χ3v) is 11.0. The van der Waals surface area contributed by atoms with Crippen LogP contribution in [0, 0.1) is 0 Å². The minimum atomic E-state index is -1.25. The normalized spacial score (nSPS) is 14.2. The second-order valence-corrected chi connectivity index (χ2v) is 16.1. The van der Waals surface area contributed by atoms with E-state index in [1.807, 2.05) is 0 Å². The van der Waals surface area contributed by atoms with Gasteiger partial charge in [0.05, 0.1) is 18.8 Å². The summed E-state index contributed by atoms with van der Waals surface area (Å²) in [5, 5.41) is 43.0. The number of carbonyl (C=O) groups is 1. The first-order valence-electron chi connectivity index (χ1n) is 23.1. The summed E-state index contributed by atoms with van der Waals surface area (Å²) in [5.74, 6) is -0.588. The standard InChI is InChI=1S/C46H91NO5/c1-3-5-7-9-10-11-12-13-14-15-16-17-18-19-20-21-22-23-24-25-26-27-28-29-30-31-32-33-34-35-36-38-40-44(50)46(52)47-42(41-48)45(51)43(49)39-37-8-6-4-2/h19-20,42-45,48-51H,3-18,21-41H2,1-2H3,(H,47,52)/b20-19-. The van der Waals surface area contributed by atoms with Crippen LogP contribution in [0.2, 0.25) is 0 Å². The number of nitrogens with one attached hydrogen (secondary N) is 1. The summed E-state index contributed by atoms with van der Waals surface area (Å²) in [6.07, 6.45) is 46.3. The Kier molecular flexibility index (Phi) is 40.5. The fraction of sp³-hybridized carbons (Fsp3) is 0.935. The summed E-state index contributed by atoms with van der Waals surface area (Å²) in [7, 11) is 0. The average Bonchev–Trinajstić information content (AvgIpc) is 3.15. The van der Waals surface area contributed by atoms with Crippen molar-refractivity contribution in [2.75, 3.05) is 6.61 Å². The SMILES string of the molecule is CCCCCCCCCCCCCC/C=C\CCCCCCCCCCCCCCCCCCC(O)C(=O)NC(CO)C(O)C(O)CCCCCC. The molecule has 0 aliphatic carbocycles. The molecule has 6 heteroatoms. The van der Waals surface area contributed by atoms with Gasteiger partial charge in [0.15, 0.2) is 0 Å². The van der Waals surface area contributed by atoms with Crippen molar-refractivity contribution in [3.05, 3.63) is 12.2 Å². The molecule has 6 nitrogen and oxygen atoms in total. The lowest BCUT2D eigenvalue weighted by atomic mass is 9.99. The molecule has 52 heavy (non-hydrogen) atoms. The fourth-order valence-electron chi connectivity index (χ4n) is 7.28. The summed E-state index contributed by atoms with van der Waals surface area (Å²) in [5.41, 5.74) is 0. The number of rotatable bonds is 42. The Morgan fingerprint density at radius 3 is 1.13 bits per heavy atom. The van der Waals surface area contributed by atoms with Gasteiger partial charge in [0, 0.05) is 0 Å².